The molecule has 2 aromatic rings. The zero-order valence-electron chi connectivity index (χ0n) is 15.7. The molecule has 2 heterocycles. The molecule has 0 unspecified atom stereocenters. The zero-order chi connectivity index (χ0) is 18.6. The second kappa shape index (κ2) is 7.72. The fourth-order valence-corrected chi connectivity index (χ4v) is 3.00. The highest BCUT2D eigenvalue weighted by atomic mass is 16.1. The van der Waals surface area contributed by atoms with E-state index in [4.69, 9.17) is 0 Å². The minimum atomic E-state index is -0.259. The molecule has 0 atom stereocenters. The zero-order valence-corrected chi connectivity index (χ0v) is 15.7. The number of benzene rings is 1. The van der Waals surface area contributed by atoms with Crippen molar-refractivity contribution in [2.75, 3.05) is 28.6 Å². The summed E-state index contributed by atoms with van der Waals surface area (Å²) in [7, 11) is 0. The SMILES string of the molecule is CC(C)(C)Nc1cnc(C(=O)Nc2ccc(N3CCCCC3)cc2)cn1. The Morgan fingerprint density at radius 2 is 1.69 bits per heavy atom. The summed E-state index contributed by atoms with van der Waals surface area (Å²) >= 11 is 0. The smallest absolute Gasteiger partial charge is 0.275 e. The lowest BCUT2D eigenvalue weighted by Crippen LogP contribution is -2.29. The van der Waals surface area contributed by atoms with Gasteiger partial charge >= 0.3 is 0 Å². The number of piperidine rings is 1. The number of nitrogens with zero attached hydrogens (tertiary/aromatic N) is 3. The molecule has 0 bridgehead atoms. The molecule has 1 aliphatic heterocycles. The first-order chi connectivity index (χ1) is 12.4. The van der Waals surface area contributed by atoms with Crippen molar-refractivity contribution >= 4 is 23.1 Å². The van der Waals surface area contributed by atoms with Gasteiger partial charge in [0.05, 0.1) is 12.4 Å². The van der Waals surface area contributed by atoms with E-state index in [1.807, 2.05) is 32.9 Å². The Balaban J connectivity index is 1.60. The summed E-state index contributed by atoms with van der Waals surface area (Å²) in [5, 5.41) is 6.10. The average molecular weight is 353 g/mol. The van der Waals surface area contributed by atoms with Crippen molar-refractivity contribution in [2.24, 2.45) is 0 Å². The number of rotatable bonds is 4. The first kappa shape index (κ1) is 18.2. The highest BCUT2D eigenvalue weighted by Crippen LogP contribution is 2.22. The quantitative estimate of drug-likeness (QED) is 0.871. The molecule has 6 heteroatoms. The molecule has 6 nitrogen and oxygen atoms in total. The number of hydrogen-bond donors (Lipinski definition) is 2. The van der Waals surface area contributed by atoms with E-state index < -0.39 is 0 Å². The molecular weight excluding hydrogens is 326 g/mol. The fraction of sp³-hybridized carbons (Fsp3) is 0.450. The summed E-state index contributed by atoms with van der Waals surface area (Å²) in [5.41, 5.74) is 2.16. The predicted molar refractivity (Wildman–Crippen MR) is 106 cm³/mol. The maximum absolute atomic E-state index is 12.4. The van der Waals surface area contributed by atoms with Crippen LogP contribution in [0, 0.1) is 0 Å². The van der Waals surface area contributed by atoms with E-state index in [0.717, 1.165) is 18.8 Å². The van der Waals surface area contributed by atoms with Crippen LogP contribution in [0.25, 0.3) is 0 Å². The van der Waals surface area contributed by atoms with E-state index >= 15 is 0 Å². The van der Waals surface area contributed by atoms with Crippen LogP contribution < -0.4 is 15.5 Å². The van der Waals surface area contributed by atoms with Gasteiger partial charge in [-0.15, -0.1) is 0 Å². The molecule has 3 rings (SSSR count). The number of amides is 1. The summed E-state index contributed by atoms with van der Waals surface area (Å²) in [6, 6.07) is 7.99. The van der Waals surface area contributed by atoms with Crippen LogP contribution in [0.5, 0.6) is 0 Å². The second-order valence-corrected chi connectivity index (χ2v) is 7.71. The van der Waals surface area contributed by atoms with Gasteiger partial charge in [0.15, 0.2) is 0 Å². The Morgan fingerprint density at radius 1 is 1.00 bits per heavy atom. The molecule has 1 aromatic heterocycles. The van der Waals surface area contributed by atoms with Crippen molar-refractivity contribution in [1.82, 2.24) is 9.97 Å². The van der Waals surface area contributed by atoms with Crippen molar-refractivity contribution in [3.05, 3.63) is 42.4 Å². The third-order valence-electron chi connectivity index (χ3n) is 4.23. The molecule has 138 valence electrons. The van der Waals surface area contributed by atoms with E-state index in [-0.39, 0.29) is 11.4 Å². The number of hydrogen-bond acceptors (Lipinski definition) is 5. The molecule has 2 N–H and O–H groups in total. The van der Waals surface area contributed by atoms with Crippen LogP contribution in [0.3, 0.4) is 0 Å². The van der Waals surface area contributed by atoms with Crippen molar-refractivity contribution in [1.29, 1.82) is 0 Å². The predicted octanol–water partition coefficient (Wildman–Crippen LogP) is 3.93. The maximum atomic E-state index is 12.4. The molecular formula is C20H27N5O. The Morgan fingerprint density at radius 3 is 2.27 bits per heavy atom. The topological polar surface area (TPSA) is 70.2 Å². The molecule has 1 aromatic carbocycles. The van der Waals surface area contributed by atoms with Gasteiger partial charge in [-0.05, 0) is 64.3 Å². The maximum Gasteiger partial charge on any atom is 0.275 e. The molecule has 0 aliphatic carbocycles. The second-order valence-electron chi connectivity index (χ2n) is 7.71. The minimum absolute atomic E-state index is 0.103. The van der Waals surface area contributed by atoms with E-state index in [2.05, 4.69) is 37.6 Å². The number of aromatic nitrogens is 2. The number of anilines is 3. The lowest BCUT2D eigenvalue weighted by atomic mass is 10.1. The monoisotopic (exact) mass is 353 g/mol. The Labute approximate surface area is 155 Å². The van der Waals surface area contributed by atoms with E-state index in [0.29, 0.717) is 11.5 Å². The minimum Gasteiger partial charge on any atom is -0.372 e. The lowest BCUT2D eigenvalue weighted by Gasteiger charge is -2.28. The van der Waals surface area contributed by atoms with Gasteiger partial charge in [-0.2, -0.15) is 0 Å². The third-order valence-corrected chi connectivity index (χ3v) is 4.23. The molecule has 1 fully saturated rings. The van der Waals surface area contributed by atoms with Crippen molar-refractivity contribution in [2.45, 2.75) is 45.6 Å². The van der Waals surface area contributed by atoms with Crippen LogP contribution in [0.2, 0.25) is 0 Å². The van der Waals surface area contributed by atoms with E-state index in [9.17, 15) is 4.79 Å². The van der Waals surface area contributed by atoms with Gasteiger partial charge in [0, 0.05) is 30.0 Å². The largest absolute Gasteiger partial charge is 0.372 e. The molecule has 0 spiro atoms. The Bertz CT molecular complexity index is 728. The molecule has 1 amide bonds. The third kappa shape index (κ3) is 4.94. The lowest BCUT2D eigenvalue weighted by molar-refractivity contribution is 0.102. The van der Waals surface area contributed by atoms with Crippen LogP contribution in [0.15, 0.2) is 36.7 Å². The Kier molecular flexibility index (Phi) is 5.40. The highest BCUT2D eigenvalue weighted by Gasteiger charge is 2.14. The van der Waals surface area contributed by atoms with E-state index in [1.165, 1.54) is 31.1 Å². The number of carbonyl (C=O) groups excluding carboxylic acids is 1. The van der Waals surface area contributed by atoms with Crippen molar-refractivity contribution < 1.29 is 4.79 Å². The van der Waals surface area contributed by atoms with Gasteiger partial charge in [0.1, 0.15) is 11.5 Å². The summed E-state index contributed by atoms with van der Waals surface area (Å²) in [4.78, 5) is 23.2. The van der Waals surface area contributed by atoms with Crippen molar-refractivity contribution in [3.8, 4) is 0 Å². The van der Waals surface area contributed by atoms with Crippen LogP contribution in [0.4, 0.5) is 17.2 Å². The summed E-state index contributed by atoms with van der Waals surface area (Å²) in [6.07, 6.45) is 6.88. The highest BCUT2D eigenvalue weighted by molar-refractivity contribution is 6.02. The Hall–Kier alpha value is -2.63. The molecule has 1 saturated heterocycles. The molecule has 1 aliphatic rings. The molecule has 0 saturated carbocycles. The van der Waals surface area contributed by atoms with Crippen LogP contribution in [0.1, 0.15) is 50.5 Å². The first-order valence-electron chi connectivity index (χ1n) is 9.17. The summed E-state index contributed by atoms with van der Waals surface area (Å²) in [5.74, 6) is 0.394. The molecule has 26 heavy (non-hydrogen) atoms. The number of nitrogens with one attached hydrogen (secondary N) is 2. The number of carbonyl (C=O) groups is 1. The standard InChI is InChI=1S/C20H27N5O/c1-20(2,3)24-18-14-21-17(13-22-18)19(26)23-15-7-9-16(10-8-15)25-11-5-4-6-12-25/h7-10,13-14H,4-6,11-12H2,1-3H3,(H,22,24)(H,23,26). The van der Waals surface area contributed by atoms with Gasteiger partial charge < -0.3 is 15.5 Å². The van der Waals surface area contributed by atoms with Crippen LogP contribution >= 0.6 is 0 Å². The van der Waals surface area contributed by atoms with Crippen LogP contribution in [-0.2, 0) is 0 Å². The molecule has 0 radical (unpaired) electrons. The fourth-order valence-electron chi connectivity index (χ4n) is 3.00. The summed E-state index contributed by atoms with van der Waals surface area (Å²) in [6.45, 7) is 8.35. The normalized spacial score (nSPS) is 14.8. The average Bonchev–Trinajstić information content (AvgIpc) is 2.62. The van der Waals surface area contributed by atoms with Crippen molar-refractivity contribution in [3.63, 3.8) is 0 Å². The van der Waals surface area contributed by atoms with Gasteiger partial charge in [0.2, 0.25) is 0 Å². The first-order valence-corrected chi connectivity index (χ1v) is 9.17. The van der Waals surface area contributed by atoms with Gasteiger partial charge in [-0.3, -0.25) is 4.79 Å². The van der Waals surface area contributed by atoms with Gasteiger partial charge in [-0.1, -0.05) is 0 Å². The van der Waals surface area contributed by atoms with Gasteiger partial charge in [0.25, 0.3) is 5.91 Å². The summed E-state index contributed by atoms with van der Waals surface area (Å²) < 4.78 is 0. The van der Waals surface area contributed by atoms with Crippen LogP contribution in [-0.4, -0.2) is 34.5 Å². The van der Waals surface area contributed by atoms with E-state index in [1.54, 1.807) is 6.20 Å². The van der Waals surface area contributed by atoms with Gasteiger partial charge in [-0.25, -0.2) is 9.97 Å².